The van der Waals surface area contributed by atoms with Crippen molar-refractivity contribution in [2.24, 2.45) is 0 Å². The summed E-state index contributed by atoms with van der Waals surface area (Å²) in [5, 5.41) is 11.3. The summed E-state index contributed by atoms with van der Waals surface area (Å²) < 4.78 is 5.30. The third kappa shape index (κ3) is 4.03. The molecule has 2 aromatic carbocycles. The van der Waals surface area contributed by atoms with E-state index in [1.807, 2.05) is 19.1 Å². The summed E-state index contributed by atoms with van der Waals surface area (Å²) in [6.45, 7) is 2.31. The van der Waals surface area contributed by atoms with Gasteiger partial charge in [-0.2, -0.15) is 0 Å². The third-order valence-corrected chi connectivity index (χ3v) is 5.13. The minimum Gasteiger partial charge on any atom is -0.453 e. The number of aliphatic hydroxyl groups is 1. The Balaban J connectivity index is 1.79. The molecule has 2 aromatic rings. The van der Waals surface area contributed by atoms with Crippen molar-refractivity contribution in [3.63, 3.8) is 0 Å². The van der Waals surface area contributed by atoms with Crippen LogP contribution in [0.3, 0.4) is 0 Å². The number of esters is 1. The molecule has 5 heteroatoms. The van der Waals surface area contributed by atoms with E-state index in [0.29, 0.717) is 17.7 Å². The second-order valence-electron chi connectivity index (χ2n) is 6.95. The molecular formula is C22H25NO4. The lowest BCUT2D eigenvalue weighted by atomic mass is 9.86. The largest absolute Gasteiger partial charge is 0.453 e. The van der Waals surface area contributed by atoms with Crippen molar-refractivity contribution >= 4 is 11.9 Å². The lowest BCUT2D eigenvalue weighted by molar-refractivity contribution is -0.167. The second-order valence-corrected chi connectivity index (χ2v) is 6.95. The average molecular weight is 367 g/mol. The molecule has 1 aliphatic heterocycles. The van der Waals surface area contributed by atoms with Gasteiger partial charge in [-0.15, -0.1) is 0 Å². The van der Waals surface area contributed by atoms with E-state index in [1.54, 1.807) is 53.4 Å². The highest BCUT2D eigenvalue weighted by Crippen LogP contribution is 2.31. The fourth-order valence-electron chi connectivity index (χ4n) is 3.54. The van der Waals surface area contributed by atoms with Crippen molar-refractivity contribution < 1.29 is 19.4 Å². The third-order valence-electron chi connectivity index (χ3n) is 5.13. The molecule has 0 unspecified atom stereocenters. The van der Waals surface area contributed by atoms with Crippen molar-refractivity contribution in [2.45, 2.75) is 37.8 Å². The van der Waals surface area contributed by atoms with Crippen molar-refractivity contribution in [3.05, 3.63) is 71.8 Å². The zero-order valence-electron chi connectivity index (χ0n) is 15.5. The smallest absolute Gasteiger partial charge is 0.348 e. The molecule has 1 saturated heterocycles. The number of carbonyl (C=O) groups excluding carboxylic acids is 2. The van der Waals surface area contributed by atoms with E-state index < -0.39 is 11.6 Å². The molecule has 1 N–H and O–H groups in total. The maximum atomic E-state index is 12.9. The number of hydrogen-bond acceptors (Lipinski definition) is 4. The quantitative estimate of drug-likeness (QED) is 0.825. The predicted molar refractivity (Wildman–Crippen MR) is 102 cm³/mol. The highest BCUT2D eigenvalue weighted by atomic mass is 16.6. The lowest BCUT2D eigenvalue weighted by Crippen LogP contribution is -2.45. The van der Waals surface area contributed by atoms with Crippen LogP contribution in [0, 0.1) is 0 Å². The van der Waals surface area contributed by atoms with Gasteiger partial charge in [0.2, 0.25) is 5.60 Å². The molecule has 0 spiro atoms. The first-order chi connectivity index (χ1) is 13.0. The molecule has 0 aromatic heterocycles. The Bertz CT molecular complexity index is 736. The van der Waals surface area contributed by atoms with Crippen LogP contribution >= 0.6 is 0 Å². The van der Waals surface area contributed by atoms with Crippen LogP contribution < -0.4 is 0 Å². The van der Waals surface area contributed by atoms with E-state index in [9.17, 15) is 14.7 Å². The van der Waals surface area contributed by atoms with Crippen LogP contribution in [0.5, 0.6) is 0 Å². The first kappa shape index (κ1) is 19.1. The van der Waals surface area contributed by atoms with Crippen LogP contribution in [0.25, 0.3) is 0 Å². The van der Waals surface area contributed by atoms with Crippen LogP contribution in [0.2, 0.25) is 0 Å². The van der Waals surface area contributed by atoms with Crippen LogP contribution in [0.1, 0.15) is 37.3 Å². The summed E-state index contributed by atoms with van der Waals surface area (Å²) in [6, 6.07) is 17.4. The molecule has 1 atom stereocenters. The van der Waals surface area contributed by atoms with Gasteiger partial charge in [0, 0.05) is 12.6 Å². The molecule has 1 fully saturated rings. The number of amides is 1. The summed E-state index contributed by atoms with van der Waals surface area (Å²) in [7, 11) is 0. The van der Waals surface area contributed by atoms with Gasteiger partial charge in [0.05, 0.1) is 0 Å². The minimum atomic E-state index is -1.96. The standard InChI is InChI=1S/C22H25NO4/c1-17-10-8-9-15-23(17)20(24)16-27-21(25)22(26,18-11-4-2-5-12-18)19-13-6-3-7-14-19/h2-7,11-14,17,26H,8-10,15-16H2,1H3/t17-/m1/s1. The Kier molecular flexibility index (Phi) is 5.91. The Morgan fingerprint density at radius 2 is 1.59 bits per heavy atom. The first-order valence-corrected chi connectivity index (χ1v) is 9.33. The van der Waals surface area contributed by atoms with Gasteiger partial charge in [0.25, 0.3) is 5.91 Å². The topological polar surface area (TPSA) is 66.8 Å². The van der Waals surface area contributed by atoms with Gasteiger partial charge in [0.1, 0.15) is 0 Å². The summed E-state index contributed by atoms with van der Waals surface area (Å²) in [5.74, 6) is -1.07. The Hall–Kier alpha value is -2.66. The number of piperidine rings is 1. The monoisotopic (exact) mass is 367 g/mol. The van der Waals surface area contributed by atoms with Gasteiger partial charge in [-0.25, -0.2) is 4.79 Å². The van der Waals surface area contributed by atoms with Crippen molar-refractivity contribution in [1.82, 2.24) is 4.90 Å². The van der Waals surface area contributed by atoms with Crippen molar-refractivity contribution in [3.8, 4) is 0 Å². The molecule has 3 rings (SSSR count). The number of rotatable bonds is 5. The Morgan fingerprint density at radius 1 is 1.04 bits per heavy atom. The van der Waals surface area contributed by atoms with Crippen LogP contribution in [-0.2, 0) is 19.9 Å². The number of likely N-dealkylation sites (tertiary alicyclic amines) is 1. The van der Waals surface area contributed by atoms with Gasteiger partial charge in [0.15, 0.2) is 6.61 Å². The molecule has 5 nitrogen and oxygen atoms in total. The summed E-state index contributed by atoms with van der Waals surface area (Å²) in [6.07, 6.45) is 3.02. The van der Waals surface area contributed by atoms with Gasteiger partial charge in [-0.05, 0) is 37.3 Å². The number of carbonyl (C=O) groups is 2. The molecule has 0 radical (unpaired) electrons. The molecule has 0 aliphatic carbocycles. The van der Waals surface area contributed by atoms with Crippen LogP contribution in [0.4, 0.5) is 0 Å². The molecule has 0 bridgehead atoms. The van der Waals surface area contributed by atoms with Gasteiger partial charge >= 0.3 is 5.97 Å². The highest BCUT2D eigenvalue weighted by molar-refractivity contribution is 5.88. The lowest BCUT2D eigenvalue weighted by Gasteiger charge is -2.33. The summed E-state index contributed by atoms with van der Waals surface area (Å²) in [5.41, 5.74) is -1.16. The summed E-state index contributed by atoms with van der Waals surface area (Å²) >= 11 is 0. The molecule has 1 heterocycles. The zero-order valence-corrected chi connectivity index (χ0v) is 15.5. The molecule has 27 heavy (non-hydrogen) atoms. The maximum Gasteiger partial charge on any atom is 0.348 e. The van der Waals surface area contributed by atoms with E-state index >= 15 is 0 Å². The number of nitrogens with zero attached hydrogens (tertiary/aromatic N) is 1. The van der Waals surface area contributed by atoms with Crippen molar-refractivity contribution in [1.29, 1.82) is 0 Å². The fraction of sp³-hybridized carbons (Fsp3) is 0.364. The Labute approximate surface area is 159 Å². The van der Waals surface area contributed by atoms with Crippen LogP contribution in [-0.4, -0.2) is 41.1 Å². The normalized spacial score (nSPS) is 17.4. The average Bonchev–Trinajstić information content (AvgIpc) is 2.72. The second kappa shape index (κ2) is 8.35. The van der Waals surface area contributed by atoms with Crippen molar-refractivity contribution in [2.75, 3.05) is 13.2 Å². The zero-order chi connectivity index (χ0) is 19.3. The molecule has 1 aliphatic rings. The number of hydrogen-bond donors (Lipinski definition) is 1. The SMILES string of the molecule is C[C@@H]1CCCCN1C(=O)COC(=O)C(O)(c1ccccc1)c1ccccc1. The first-order valence-electron chi connectivity index (χ1n) is 9.33. The predicted octanol–water partition coefficient (Wildman–Crippen LogP) is 2.87. The van der Waals surface area contributed by atoms with Gasteiger partial charge < -0.3 is 14.7 Å². The van der Waals surface area contributed by atoms with Gasteiger partial charge in [-0.1, -0.05) is 60.7 Å². The Morgan fingerprint density at radius 3 is 2.11 bits per heavy atom. The molecular weight excluding hydrogens is 342 g/mol. The minimum absolute atomic E-state index is 0.145. The van der Waals surface area contributed by atoms with Crippen LogP contribution in [0.15, 0.2) is 60.7 Å². The van der Waals surface area contributed by atoms with Gasteiger partial charge in [-0.3, -0.25) is 4.79 Å². The van der Waals surface area contributed by atoms with E-state index in [0.717, 1.165) is 19.3 Å². The van der Waals surface area contributed by atoms with E-state index in [4.69, 9.17) is 4.74 Å². The number of ether oxygens (including phenoxy) is 1. The summed E-state index contributed by atoms with van der Waals surface area (Å²) in [4.78, 5) is 27.1. The number of benzene rings is 2. The maximum absolute atomic E-state index is 12.9. The molecule has 142 valence electrons. The fourth-order valence-corrected chi connectivity index (χ4v) is 3.54. The molecule has 1 amide bonds. The van der Waals surface area contributed by atoms with E-state index in [2.05, 4.69) is 0 Å². The van der Waals surface area contributed by atoms with E-state index in [1.165, 1.54) is 0 Å². The molecule has 0 saturated carbocycles. The highest BCUT2D eigenvalue weighted by Gasteiger charge is 2.42. The van der Waals surface area contributed by atoms with E-state index in [-0.39, 0.29) is 18.6 Å².